The van der Waals surface area contributed by atoms with Crippen LogP contribution in [0.2, 0.25) is 0 Å². The number of piperidine rings is 1. The van der Waals surface area contributed by atoms with E-state index in [0.717, 1.165) is 17.8 Å². The molecular formula is C12H13NO2S. The van der Waals surface area contributed by atoms with Gasteiger partial charge in [-0.1, -0.05) is 17.4 Å². The molecule has 3 rings (SSSR count). The minimum Gasteiger partial charge on any atom is -0.414 e. The molecule has 1 aromatic carbocycles. The van der Waals surface area contributed by atoms with Gasteiger partial charge in [-0.3, -0.25) is 0 Å². The highest BCUT2D eigenvalue weighted by Gasteiger charge is 2.16. The van der Waals surface area contributed by atoms with Gasteiger partial charge in [0.05, 0.1) is 4.70 Å². The summed E-state index contributed by atoms with van der Waals surface area (Å²) in [5.74, 6) is 0.579. The van der Waals surface area contributed by atoms with E-state index in [0.29, 0.717) is 11.5 Å². The van der Waals surface area contributed by atoms with Crippen molar-refractivity contribution in [2.75, 3.05) is 13.1 Å². The fourth-order valence-corrected chi connectivity index (χ4v) is 3.00. The van der Waals surface area contributed by atoms with E-state index in [1.165, 1.54) is 29.7 Å². The van der Waals surface area contributed by atoms with E-state index >= 15 is 0 Å². The standard InChI is InChI=1S/C12H13NO2S/c14-12-15-10-4-3-8(6-11(10)16-12)9-2-1-5-13-7-9/h3-4,6,9,13H,1-2,5,7H2. The van der Waals surface area contributed by atoms with Crippen molar-refractivity contribution >= 4 is 21.6 Å². The summed E-state index contributed by atoms with van der Waals surface area (Å²) < 4.78 is 6.02. The molecular weight excluding hydrogens is 222 g/mol. The predicted molar refractivity (Wildman–Crippen MR) is 65.2 cm³/mol. The van der Waals surface area contributed by atoms with Gasteiger partial charge in [-0.15, -0.1) is 0 Å². The summed E-state index contributed by atoms with van der Waals surface area (Å²) in [5, 5.41) is 3.40. The van der Waals surface area contributed by atoms with Crippen LogP contribution in [0.4, 0.5) is 0 Å². The number of fused-ring (bicyclic) bond motifs is 1. The Morgan fingerprint density at radius 3 is 3.19 bits per heavy atom. The smallest absolute Gasteiger partial charge is 0.396 e. The number of rotatable bonds is 1. The molecule has 1 aliphatic heterocycles. The summed E-state index contributed by atoms with van der Waals surface area (Å²) in [7, 11) is 0. The normalized spacial score (nSPS) is 21.4. The largest absolute Gasteiger partial charge is 0.414 e. The lowest BCUT2D eigenvalue weighted by atomic mass is 9.92. The zero-order chi connectivity index (χ0) is 11.0. The second kappa shape index (κ2) is 4.03. The SMILES string of the molecule is O=c1oc2ccc(C3CCCNC3)cc2s1. The molecule has 84 valence electrons. The molecule has 0 radical (unpaired) electrons. The van der Waals surface area contributed by atoms with Gasteiger partial charge in [0.15, 0.2) is 0 Å². The topological polar surface area (TPSA) is 42.2 Å². The van der Waals surface area contributed by atoms with E-state index < -0.39 is 0 Å². The van der Waals surface area contributed by atoms with Crippen molar-refractivity contribution in [1.82, 2.24) is 5.32 Å². The summed E-state index contributed by atoms with van der Waals surface area (Å²) in [6.07, 6.45) is 2.45. The Labute approximate surface area is 97.1 Å². The summed E-state index contributed by atoms with van der Waals surface area (Å²) >= 11 is 1.19. The summed E-state index contributed by atoms with van der Waals surface area (Å²) in [5.41, 5.74) is 2.03. The Morgan fingerprint density at radius 2 is 2.38 bits per heavy atom. The van der Waals surface area contributed by atoms with Crippen LogP contribution in [0.1, 0.15) is 24.3 Å². The van der Waals surface area contributed by atoms with Crippen molar-refractivity contribution in [2.45, 2.75) is 18.8 Å². The highest BCUT2D eigenvalue weighted by Crippen LogP contribution is 2.27. The van der Waals surface area contributed by atoms with Crippen molar-refractivity contribution in [1.29, 1.82) is 0 Å². The first kappa shape index (κ1) is 10.1. The van der Waals surface area contributed by atoms with Crippen molar-refractivity contribution in [3.8, 4) is 0 Å². The molecule has 0 amide bonds. The van der Waals surface area contributed by atoms with Crippen LogP contribution in [0.3, 0.4) is 0 Å². The maximum absolute atomic E-state index is 11.1. The average molecular weight is 235 g/mol. The van der Waals surface area contributed by atoms with Gasteiger partial charge in [0, 0.05) is 6.54 Å². The van der Waals surface area contributed by atoms with E-state index in [-0.39, 0.29) is 4.94 Å². The number of hydrogen-bond acceptors (Lipinski definition) is 4. The van der Waals surface area contributed by atoms with Crippen LogP contribution in [0.15, 0.2) is 27.4 Å². The average Bonchev–Trinajstić information content (AvgIpc) is 2.69. The monoisotopic (exact) mass is 235 g/mol. The van der Waals surface area contributed by atoms with Crippen molar-refractivity contribution < 1.29 is 4.42 Å². The van der Waals surface area contributed by atoms with Gasteiger partial charge in [-0.25, -0.2) is 4.79 Å². The third kappa shape index (κ3) is 1.79. The third-order valence-electron chi connectivity index (χ3n) is 3.12. The molecule has 3 nitrogen and oxygen atoms in total. The van der Waals surface area contributed by atoms with Crippen LogP contribution in [0.5, 0.6) is 0 Å². The Hall–Kier alpha value is -1.13. The lowest BCUT2D eigenvalue weighted by molar-refractivity contribution is 0.462. The van der Waals surface area contributed by atoms with Crippen LogP contribution in [0, 0.1) is 0 Å². The van der Waals surface area contributed by atoms with E-state index in [9.17, 15) is 4.79 Å². The van der Waals surface area contributed by atoms with Crippen molar-refractivity contribution in [3.63, 3.8) is 0 Å². The molecule has 0 bridgehead atoms. The van der Waals surface area contributed by atoms with E-state index in [2.05, 4.69) is 17.4 Å². The lowest BCUT2D eigenvalue weighted by Crippen LogP contribution is -2.28. The Balaban J connectivity index is 2.00. The number of nitrogens with one attached hydrogen (secondary N) is 1. The van der Waals surface area contributed by atoms with Gasteiger partial charge in [0.2, 0.25) is 0 Å². The van der Waals surface area contributed by atoms with Crippen molar-refractivity contribution in [3.05, 3.63) is 33.5 Å². The molecule has 4 heteroatoms. The molecule has 1 aromatic heterocycles. The molecule has 2 aromatic rings. The van der Waals surface area contributed by atoms with Crippen LogP contribution in [-0.4, -0.2) is 13.1 Å². The molecule has 1 unspecified atom stereocenters. The molecule has 1 aliphatic rings. The minimum atomic E-state index is -0.214. The van der Waals surface area contributed by atoms with Crippen LogP contribution < -0.4 is 10.3 Å². The van der Waals surface area contributed by atoms with E-state index in [4.69, 9.17) is 4.42 Å². The molecule has 16 heavy (non-hydrogen) atoms. The quantitative estimate of drug-likeness (QED) is 0.824. The number of hydrogen-bond donors (Lipinski definition) is 1. The first-order chi connectivity index (χ1) is 7.83. The van der Waals surface area contributed by atoms with Crippen LogP contribution in [0.25, 0.3) is 10.3 Å². The molecule has 1 fully saturated rings. The fraction of sp³-hybridized carbons (Fsp3) is 0.417. The second-order valence-corrected chi connectivity index (χ2v) is 5.18. The molecule has 1 N–H and O–H groups in total. The molecule has 0 saturated carbocycles. The fourth-order valence-electron chi connectivity index (χ4n) is 2.28. The molecule has 1 saturated heterocycles. The maximum Gasteiger partial charge on any atom is 0.396 e. The first-order valence-electron chi connectivity index (χ1n) is 5.57. The first-order valence-corrected chi connectivity index (χ1v) is 6.39. The van der Waals surface area contributed by atoms with E-state index in [1.54, 1.807) is 0 Å². The third-order valence-corrected chi connectivity index (χ3v) is 3.91. The zero-order valence-electron chi connectivity index (χ0n) is 8.86. The minimum absolute atomic E-state index is 0.214. The Kier molecular flexibility index (Phi) is 2.53. The van der Waals surface area contributed by atoms with Gasteiger partial charge < -0.3 is 9.73 Å². The van der Waals surface area contributed by atoms with Gasteiger partial charge in [0.1, 0.15) is 5.58 Å². The van der Waals surface area contributed by atoms with Crippen LogP contribution in [-0.2, 0) is 0 Å². The van der Waals surface area contributed by atoms with Gasteiger partial charge in [0.25, 0.3) is 0 Å². The van der Waals surface area contributed by atoms with Crippen molar-refractivity contribution in [2.24, 2.45) is 0 Å². The highest BCUT2D eigenvalue weighted by atomic mass is 32.1. The van der Waals surface area contributed by atoms with E-state index in [1.807, 2.05) is 6.07 Å². The zero-order valence-corrected chi connectivity index (χ0v) is 9.68. The Bertz CT molecular complexity index is 551. The predicted octanol–water partition coefficient (Wildman–Crippen LogP) is 2.32. The summed E-state index contributed by atoms with van der Waals surface area (Å²) in [6.45, 7) is 2.16. The molecule has 0 aliphatic carbocycles. The second-order valence-electron chi connectivity index (χ2n) is 4.20. The lowest BCUT2D eigenvalue weighted by Gasteiger charge is -2.22. The molecule has 1 atom stereocenters. The molecule has 2 heterocycles. The number of benzene rings is 1. The Morgan fingerprint density at radius 1 is 1.44 bits per heavy atom. The van der Waals surface area contributed by atoms with Crippen LogP contribution >= 0.6 is 11.3 Å². The summed E-state index contributed by atoms with van der Waals surface area (Å²) in [4.78, 5) is 10.9. The van der Waals surface area contributed by atoms with Gasteiger partial charge in [-0.2, -0.15) is 0 Å². The van der Waals surface area contributed by atoms with Gasteiger partial charge in [-0.05, 0) is 43.0 Å². The maximum atomic E-state index is 11.1. The summed E-state index contributed by atoms with van der Waals surface area (Å²) in [6, 6.07) is 6.09. The molecule has 0 spiro atoms. The van der Waals surface area contributed by atoms with Gasteiger partial charge >= 0.3 is 4.94 Å². The highest BCUT2D eigenvalue weighted by molar-refractivity contribution is 7.16.